The molecule has 44 heavy (non-hydrogen) atoms. The zero-order valence-corrected chi connectivity index (χ0v) is 27.2. The maximum absolute atomic E-state index is 13.4. The summed E-state index contributed by atoms with van der Waals surface area (Å²) in [5, 5.41) is 11.6. The Morgan fingerprint density at radius 2 is 1.95 bits per heavy atom. The van der Waals surface area contributed by atoms with Crippen molar-refractivity contribution in [2.24, 2.45) is 0 Å². The average Bonchev–Trinajstić information content (AvgIpc) is 3.62. The van der Waals surface area contributed by atoms with Crippen LogP contribution in [-0.4, -0.2) is 120 Å². The van der Waals surface area contributed by atoms with Crippen molar-refractivity contribution in [2.75, 3.05) is 71.1 Å². The highest BCUT2D eigenvalue weighted by molar-refractivity contribution is 7.91. The fourth-order valence-corrected chi connectivity index (χ4v) is 8.07. The first-order valence-corrected chi connectivity index (χ1v) is 16.5. The van der Waals surface area contributed by atoms with Gasteiger partial charge in [0.15, 0.2) is 9.34 Å². The molecule has 0 bridgehead atoms. The van der Waals surface area contributed by atoms with E-state index in [9.17, 15) is 13.2 Å². The largest absolute Gasteiger partial charge is 0.453 e. The van der Waals surface area contributed by atoms with E-state index in [4.69, 9.17) is 0 Å². The molecule has 1 aliphatic rings. The number of carbonyl (C=O) groups is 1. The van der Waals surface area contributed by atoms with Crippen molar-refractivity contribution >= 4 is 49.3 Å². The molecule has 1 aromatic carbocycles. The summed E-state index contributed by atoms with van der Waals surface area (Å²) < 4.78 is 34.9. The fourth-order valence-electron chi connectivity index (χ4n) is 5.11. The summed E-state index contributed by atoms with van der Waals surface area (Å²) in [7, 11) is 1.58. The topological polar surface area (TPSA) is 151 Å². The van der Waals surface area contributed by atoms with E-state index < -0.39 is 16.1 Å². The molecule has 0 aliphatic carbocycles. The van der Waals surface area contributed by atoms with E-state index in [2.05, 4.69) is 52.1 Å². The number of methoxy groups -OCH3 is 1. The molecule has 0 saturated carbocycles. The SMILES string of the molecule is COC(=O)Nc1nc(C)c(S(=O)(=O)N2CCN(C[C@H](C)Nc3ncnc4c(-c5cnn(CCN(C)C)c5)cccc34)CC2)s1. The smallest absolute Gasteiger partial charge is 0.413 e. The molecule has 1 fully saturated rings. The number of hydrogen-bond acceptors (Lipinski definition) is 12. The van der Waals surface area contributed by atoms with Gasteiger partial charge in [0, 0.05) is 68.0 Å². The van der Waals surface area contributed by atoms with Crippen molar-refractivity contribution in [2.45, 2.75) is 30.6 Å². The van der Waals surface area contributed by atoms with E-state index in [-0.39, 0.29) is 15.4 Å². The van der Waals surface area contributed by atoms with Gasteiger partial charge in [-0.05, 0) is 34.0 Å². The highest BCUT2D eigenvalue weighted by Crippen LogP contribution is 2.31. The number of nitrogens with one attached hydrogen (secondary N) is 2. The Balaban J connectivity index is 1.21. The molecule has 0 radical (unpaired) electrons. The number of piperazine rings is 1. The third-order valence-electron chi connectivity index (χ3n) is 7.35. The van der Waals surface area contributed by atoms with Crippen molar-refractivity contribution in [1.82, 2.24) is 38.8 Å². The number of fused-ring (bicyclic) bond motifs is 1. The number of anilines is 2. The van der Waals surface area contributed by atoms with Crippen LogP contribution in [0.5, 0.6) is 0 Å². The molecule has 0 spiro atoms. The second-order valence-electron chi connectivity index (χ2n) is 11.0. The van der Waals surface area contributed by atoms with Crippen molar-refractivity contribution in [1.29, 1.82) is 0 Å². The summed E-state index contributed by atoms with van der Waals surface area (Å²) in [6.07, 6.45) is 4.80. The molecular weight excluding hydrogens is 605 g/mol. The van der Waals surface area contributed by atoms with Gasteiger partial charge in [-0.1, -0.05) is 23.5 Å². The number of likely N-dealkylation sites (N-methyl/N-ethyl adjacent to an activating group) is 1. The van der Waals surface area contributed by atoms with Crippen LogP contribution in [0.15, 0.2) is 41.1 Å². The molecule has 5 rings (SSSR count). The molecule has 16 heteroatoms. The molecule has 4 aromatic rings. The minimum Gasteiger partial charge on any atom is -0.453 e. The number of benzene rings is 1. The predicted octanol–water partition coefficient (Wildman–Crippen LogP) is 2.81. The highest BCUT2D eigenvalue weighted by atomic mass is 32.2. The van der Waals surface area contributed by atoms with Crippen LogP contribution in [0, 0.1) is 6.92 Å². The first-order valence-electron chi connectivity index (χ1n) is 14.3. The third kappa shape index (κ3) is 7.15. The first kappa shape index (κ1) is 31.7. The van der Waals surface area contributed by atoms with E-state index in [0.717, 1.165) is 52.3 Å². The summed E-state index contributed by atoms with van der Waals surface area (Å²) in [6.45, 7) is 8.01. The quantitative estimate of drug-likeness (QED) is 0.249. The number of carbonyl (C=O) groups excluding carboxylic acids is 1. The standard InChI is InChI=1S/C28H38N10O4S2/c1-19(16-36-10-13-38(14-11-36)44(40,41)26-20(2)33-27(43-26)34-28(39)42-5)32-25-23-8-6-7-22(24(23)29-18-30-25)21-15-31-37(17-21)12-9-35(3)4/h6-8,15,17-19H,9-14,16H2,1-5H3,(H,29,30,32)(H,33,34,39)/t19-/m0/s1. The minimum absolute atomic E-state index is 0.0457. The molecular formula is C28H38N10O4S2. The van der Waals surface area contributed by atoms with Crippen LogP contribution in [0.4, 0.5) is 15.7 Å². The van der Waals surface area contributed by atoms with Crippen molar-refractivity contribution in [3.8, 4) is 11.1 Å². The summed E-state index contributed by atoms with van der Waals surface area (Å²) in [5.74, 6) is 0.752. The average molecular weight is 643 g/mol. The molecule has 14 nitrogen and oxygen atoms in total. The molecule has 3 aromatic heterocycles. The van der Waals surface area contributed by atoms with Gasteiger partial charge in [-0.2, -0.15) is 9.40 Å². The molecule has 1 saturated heterocycles. The summed E-state index contributed by atoms with van der Waals surface area (Å²) >= 11 is 0.926. The third-order valence-corrected chi connectivity index (χ3v) is 10.9. The Hall–Kier alpha value is -3.70. The van der Waals surface area contributed by atoms with Gasteiger partial charge in [0.05, 0.1) is 31.1 Å². The lowest BCUT2D eigenvalue weighted by molar-refractivity contribution is 0.184. The minimum atomic E-state index is -3.74. The van der Waals surface area contributed by atoms with Crippen LogP contribution in [0.1, 0.15) is 12.6 Å². The number of hydrogen-bond donors (Lipinski definition) is 2. The van der Waals surface area contributed by atoms with Gasteiger partial charge >= 0.3 is 6.09 Å². The molecule has 1 aliphatic heterocycles. The molecule has 1 amide bonds. The van der Waals surface area contributed by atoms with Gasteiger partial charge in [-0.15, -0.1) is 0 Å². The van der Waals surface area contributed by atoms with E-state index in [0.29, 0.717) is 38.4 Å². The van der Waals surface area contributed by atoms with Crippen molar-refractivity contribution < 1.29 is 17.9 Å². The van der Waals surface area contributed by atoms with Crippen LogP contribution in [0.3, 0.4) is 0 Å². The van der Waals surface area contributed by atoms with E-state index in [1.807, 2.05) is 49.4 Å². The van der Waals surface area contributed by atoms with Crippen LogP contribution in [-0.2, 0) is 21.3 Å². The van der Waals surface area contributed by atoms with Gasteiger partial charge in [0.1, 0.15) is 12.1 Å². The fraction of sp³-hybridized carbons (Fsp3) is 0.464. The van der Waals surface area contributed by atoms with Crippen molar-refractivity contribution in [3.63, 3.8) is 0 Å². The number of ether oxygens (including phenoxy) is 1. The number of aromatic nitrogens is 5. The normalized spacial score (nSPS) is 15.5. The lowest BCUT2D eigenvalue weighted by Crippen LogP contribution is -2.50. The number of aryl methyl sites for hydroxylation is 1. The van der Waals surface area contributed by atoms with Gasteiger partial charge in [-0.25, -0.2) is 28.2 Å². The first-order chi connectivity index (χ1) is 21.0. The van der Waals surface area contributed by atoms with Crippen molar-refractivity contribution in [3.05, 3.63) is 42.6 Å². The van der Waals surface area contributed by atoms with Crippen LogP contribution in [0.25, 0.3) is 22.0 Å². The van der Waals surface area contributed by atoms with Crippen LogP contribution < -0.4 is 10.6 Å². The predicted molar refractivity (Wildman–Crippen MR) is 170 cm³/mol. The lowest BCUT2D eigenvalue weighted by Gasteiger charge is -2.35. The van der Waals surface area contributed by atoms with Gasteiger partial charge in [0.2, 0.25) is 0 Å². The lowest BCUT2D eigenvalue weighted by atomic mass is 10.1. The monoisotopic (exact) mass is 642 g/mol. The van der Waals surface area contributed by atoms with Gasteiger partial charge in [0.25, 0.3) is 10.0 Å². The zero-order chi connectivity index (χ0) is 31.4. The number of rotatable bonds is 11. The second-order valence-corrected chi connectivity index (χ2v) is 14.1. The zero-order valence-electron chi connectivity index (χ0n) is 25.5. The highest BCUT2D eigenvalue weighted by Gasteiger charge is 2.32. The number of nitrogens with zero attached hydrogens (tertiary/aromatic N) is 8. The number of para-hydroxylation sites is 1. The summed E-state index contributed by atoms with van der Waals surface area (Å²) in [4.78, 5) is 29.2. The van der Waals surface area contributed by atoms with Gasteiger partial charge in [-0.3, -0.25) is 14.9 Å². The Kier molecular flexibility index (Phi) is 9.75. The summed E-state index contributed by atoms with van der Waals surface area (Å²) in [6, 6.07) is 6.12. The van der Waals surface area contributed by atoms with E-state index >= 15 is 0 Å². The number of amides is 1. The molecule has 2 N–H and O–H groups in total. The molecule has 4 heterocycles. The summed E-state index contributed by atoms with van der Waals surface area (Å²) in [5.41, 5.74) is 3.20. The maximum Gasteiger partial charge on any atom is 0.413 e. The van der Waals surface area contributed by atoms with Gasteiger partial charge < -0.3 is 15.0 Å². The molecule has 0 unspecified atom stereocenters. The number of thiazole rings is 1. The van der Waals surface area contributed by atoms with Crippen LogP contribution >= 0.6 is 11.3 Å². The Bertz CT molecular complexity index is 1710. The molecule has 236 valence electrons. The second kappa shape index (κ2) is 13.5. The number of sulfonamides is 1. The van der Waals surface area contributed by atoms with Crippen LogP contribution in [0.2, 0.25) is 0 Å². The van der Waals surface area contributed by atoms with E-state index in [1.54, 1.807) is 13.3 Å². The molecule has 1 atom stereocenters. The Morgan fingerprint density at radius 1 is 1.18 bits per heavy atom. The maximum atomic E-state index is 13.4. The Labute approximate surface area is 261 Å². The Morgan fingerprint density at radius 3 is 2.68 bits per heavy atom. The van der Waals surface area contributed by atoms with E-state index in [1.165, 1.54) is 11.4 Å².